The van der Waals surface area contributed by atoms with E-state index in [1.54, 1.807) is 12.5 Å². The van der Waals surface area contributed by atoms with Gasteiger partial charge in [-0.3, -0.25) is 5.32 Å². The van der Waals surface area contributed by atoms with Crippen LogP contribution in [0.5, 0.6) is 0 Å². The summed E-state index contributed by atoms with van der Waals surface area (Å²) in [7, 11) is 0. The van der Waals surface area contributed by atoms with Crippen LogP contribution in [0.3, 0.4) is 0 Å². The minimum atomic E-state index is -0.871. The molecule has 0 fully saturated rings. The standard InChI is InChI=1S/C7H11N5O2/c8-6(13)12-7(14)10-2-1-5-3-9-4-11-5/h3-4H,1-2H2,(H,9,11)(H4,8,10,12,13,14). The van der Waals surface area contributed by atoms with E-state index in [1.807, 2.05) is 5.32 Å². The summed E-state index contributed by atoms with van der Waals surface area (Å²) in [4.78, 5) is 27.8. The fraction of sp³-hybridized carbons (Fsp3) is 0.286. The zero-order chi connectivity index (χ0) is 10.4. The molecule has 1 rings (SSSR count). The number of nitrogens with one attached hydrogen (secondary N) is 3. The molecule has 1 aromatic heterocycles. The molecular weight excluding hydrogens is 186 g/mol. The van der Waals surface area contributed by atoms with Gasteiger partial charge >= 0.3 is 12.1 Å². The number of primary amides is 1. The number of carbonyl (C=O) groups excluding carboxylic acids is 2. The average molecular weight is 197 g/mol. The first-order valence-corrected chi connectivity index (χ1v) is 4.00. The number of carbonyl (C=O) groups is 2. The van der Waals surface area contributed by atoms with Crippen LogP contribution in [0.25, 0.3) is 0 Å². The van der Waals surface area contributed by atoms with E-state index in [2.05, 4.69) is 15.3 Å². The van der Waals surface area contributed by atoms with E-state index >= 15 is 0 Å². The predicted octanol–water partition coefficient (Wildman–Crippen LogP) is -0.670. The number of aromatic nitrogens is 2. The summed E-state index contributed by atoms with van der Waals surface area (Å²) in [6.07, 6.45) is 3.83. The molecule has 1 heterocycles. The smallest absolute Gasteiger partial charge is 0.322 e. The van der Waals surface area contributed by atoms with Gasteiger partial charge in [-0.05, 0) is 0 Å². The number of nitrogens with zero attached hydrogens (tertiary/aromatic N) is 1. The Bertz CT molecular complexity index is 308. The topological polar surface area (TPSA) is 113 Å². The van der Waals surface area contributed by atoms with Gasteiger partial charge in [0.25, 0.3) is 0 Å². The molecule has 0 radical (unpaired) electrons. The summed E-state index contributed by atoms with van der Waals surface area (Å²) in [5.41, 5.74) is 5.64. The monoisotopic (exact) mass is 197 g/mol. The van der Waals surface area contributed by atoms with Gasteiger partial charge in [0, 0.05) is 24.9 Å². The van der Waals surface area contributed by atoms with Gasteiger partial charge in [0.1, 0.15) is 0 Å². The lowest BCUT2D eigenvalue weighted by molar-refractivity contribution is 0.231. The Morgan fingerprint density at radius 2 is 2.36 bits per heavy atom. The number of imidazole rings is 1. The van der Waals surface area contributed by atoms with E-state index in [1.165, 1.54) is 0 Å². The van der Waals surface area contributed by atoms with Crippen molar-refractivity contribution >= 4 is 12.1 Å². The molecule has 0 unspecified atom stereocenters. The van der Waals surface area contributed by atoms with Gasteiger partial charge in [-0.15, -0.1) is 0 Å². The predicted molar refractivity (Wildman–Crippen MR) is 48.4 cm³/mol. The van der Waals surface area contributed by atoms with Crippen molar-refractivity contribution in [1.82, 2.24) is 20.6 Å². The van der Waals surface area contributed by atoms with Crippen molar-refractivity contribution in [2.24, 2.45) is 5.73 Å². The van der Waals surface area contributed by atoms with Gasteiger partial charge in [0.2, 0.25) is 0 Å². The maximum atomic E-state index is 10.8. The van der Waals surface area contributed by atoms with E-state index in [-0.39, 0.29) is 0 Å². The van der Waals surface area contributed by atoms with Crippen LogP contribution in [0.1, 0.15) is 5.69 Å². The summed E-state index contributed by atoms with van der Waals surface area (Å²) in [6.45, 7) is 0.404. The highest BCUT2D eigenvalue weighted by Crippen LogP contribution is 1.89. The third-order valence-corrected chi connectivity index (χ3v) is 1.47. The lowest BCUT2D eigenvalue weighted by Crippen LogP contribution is -2.42. The molecule has 7 heteroatoms. The Morgan fingerprint density at radius 3 is 2.93 bits per heavy atom. The molecule has 0 spiro atoms. The van der Waals surface area contributed by atoms with Gasteiger partial charge in [0.15, 0.2) is 0 Å². The van der Waals surface area contributed by atoms with Crippen LogP contribution in [-0.2, 0) is 6.42 Å². The number of rotatable bonds is 3. The number of hydrogen-bond acceptors (Lipinski definition) is 3. The van der Waals surface area contributed by atoms with Crippen molar-refractivity contribution in [2.75, 3.05) is 6.54 Å². The fourth-order valence-corrected chi connectivity index (χ4v) is 0.888. The molecule has 0 aromatic carbocycles. The molecule has 4 amide bonds. The fourth-order valence-electron chi connectivity index (χ4n) is 0.888. The summed E-state index contributed by atoms with van der Waals surface area (Å²) in [5.74, 6) is 0. The number of amides is 4. The maximum absolute atomic E-state index is 10.8. The first kappa shape index (κ1) is 10.0. The molecule has 0 atom stereocenters. The number of nitrogens with two attached hydrogens (primary N) is 1. The normalized spacial score (nSPS) is 9.43. The van der Waals surface area contributed by atoms with Gasteiger partial charge in [0.05, 0.1) is 6.33 Å². The van der Waals surface area contributed by atoms with E-state index in [0.29, 0.717) is 13.0 Å². The highest BCUT2D eigenvalue weighted by molar-refractivity contribution is 5.92. The molecule has 14 heavy (non-hydrogen) atoms. The maximum Gasteiger partial charge on any atom is 0.322 e. The molecule has 7 nitrogen and oxygen atoms in total. The van der Waals surface area contributed by atoms with Crippen LogP contribution >= 0.6 is 0 Å². The highest BCUT2D eigenvalue weighted by Gasteiger charge is 2.02. The highest BCUT2D eigenvalue weighted by atomic mass is 16.2. The molecule has 0 aliphatic carbocycles. The Labute approximate surface area is 80.1 Å². The Hall–Kier alpha value is -2.05. The first-order valence-electron chi connectivity index (χ1n) is 4.00. The molecule has 0 aliphatic rings. The second kappa shape index (κ2) is 4.85. The zero-order valence-electron chi connectivity index (χ0n) is 7.41. The third-order valence-electron chi connectivity index (χ3n) is 1.47. The van der Waals surface area contributed by atoms with Crippen LogP contribution in [0.15, 0.2) is 12.5 Å². The Morgan fingerprint density at radius 1 is 1.57 bits per heavy atom. The lowest BCUT2D eigenvalue weighted by atomic mass is 10.3. The second-order valence-electron chi connectivity index (χ2n) is 2.57. The van der Waals surface area contributed by atoms with Crippen LogP contribution in [-0.4, -0.2) is 28.6 Å². The minimum absolute atomic E-state index is 0.404. The van der Waals surface area contributed by atoms with E-state index < -0.39 is 12.1 Å². The SMILES string of the molecule is NC(=O)NC(=O)NCCc1cnc[nH]1. The number of H-pyrrole nitrogens is 1. The van der Waals surface area contributed by atoms with Gasteiger partial charge in [-0.1, -0.05) is 0 Å². The molecule has 0 bridgehead atoms. The van der Waals surface area contributed by atoms with Gasteiger partial charge < -0.3 is 16.0 Å². The van der Waals surface area contributed by atoms with Gasteiger partial charge in [-0.25, -0.2) is 14.6 Å². The second-order valence-corrected chi connectivity index (χ2v) is 2.57. The van der Waals surface area contributed by atoms with Crippen molar-refractivity contribution in [3.8, 4) is 0 Å². The summed E-state index contributed by atoms with van der Waals surface area (Å²) < 4.78 is 0. The summed E-state index contributed by atoms with van der Waals surface area (Å²) in [6, 6.07) is -1.47. The quantitative estimate of drug-likeness (QED) is 0.515. The third kappa shape index (κ3) is 3.57. The van der Waals surface area contributed by atoms with Crippen molar-refractivity contribution in [2.45, 2.75) is 6.42 Å². The van der Waals surface area contributed by atoms with Crippen LogP contribution < -0.4 is 16.4 Å². The Balaban J connectivity index is 2.15. The van der Waals surface area contributed by atoms with Crippen LogP contribution in [0.4, 0.5) is 9.59 Å². The van der Waals surface area contributed by atoms with E-state index in [4.69, 9.17) is 5.73 Å². The average Bonchev–Trinajstić information content (AvgIpc) is 2.55. The Kier molecular flexibility index (Phi) is 3.48. The molecule has 1 aromatic rings. The van der Waals surface area contributed by atoms with E-state index in [9.17, 15) is 9.59 Å². The molecule has 0 saturated carbocycles. The number of urea groups is 2. The van der Waals surface area contributed by atoms with Crippen molar-refractivity contribution < 1.29 is 9.59 Å². The summed E-state index contributed by atoms with van der Waals surface area (Å²) in [5, 5.41) is 4.34. The van der Waals surface area contributed by atoms with Crippen LogP contribution in [0.2, 0.25) is 0 Å². The molecular formula is C7H11N5O2. The lowest BCUT2D eigenvalue weighted by Gasteiger charge is -2.02. The molecule has 0 aliphatic heterocycles. The van der Waals surface area contributed by atoms with Crippen molar-refractivity contribution in [3.63, 3.8) is 0 Å². The largest absolute Gasteiger partial charge is 0.351 e. The van der Waals surface area contributed by atoms with Gasteiger partial charge in [-0.2, -0.15) is 0 Å². The first-order chi connectivity index (χ1) is 6.68. The summed E-state index contributed by atoms with van der Waals surface area (Å²) >= 11 is 0. The molecule has 76 valence electrons. The molecule has 5 N–H and O–H groups in total. The van der Waals surface area contributed by atoms with E-state index in [0.717, 1.165) is 5.69 Å². The zero-order valence-corrected chi connectivity index (χ0v) is 7.41. The number of aromatic amines is 1. The molecule has 0 saturated heterocycles. The number of imide groups is 1. The van der Waals surface area contributed by atoms with Crippen molar-refractivity contribution in [1.29, 1.82) is 0 Å². The van der Waals surface area contributed by atoms with Crippen molar-refractivity contribution in [3.05, 3.63) is 18.2 Å². The van der Waals surface area contributed by atoms with Crippen LogP contribution in [0, 0.1) is 0 Å². The minimum Gasteiger partial charge on any atom is -0.351 e. The number of hydrogen-bond donors (Lipinski definition) is 4.